The van der Waals surface area contributed by atoms with E-state index in [-0.39, 0.29) is 22.7 Å². The number of rotatable bonds is 4. The molecule has 2 rings (SSSR count). The van der Waals surface area contributed by atoms with Crippen LogP contribution in [0.1, 0.15) is 54.8 Å². The second-order valence-corrected chi connectivity index (χ2v) is 9.39. The molecule has 3 unspecified atom stereocenters. The first kappa shape index (κ1) is 17.6. The van der Waals surface area contributed by atoms with Gasteiger partial charge in [0.1, 0.15) is 0 Å². The number of hydrogen-bond acceptors (Lipinski definition) is 4. The molecule has 22 heavy (non-hydrogen) atoms. The van der Waals surface area contributed by atoms with Crippen molar-refractivity contribution < 1.29 is 9.59 Å². The van der Waals surface area contributed by atoms with Gasteiger partial charge in [-0.25, -0.2) is 0 Å². The van der Waals surface area contributed by atoms with E-state index in [0.717, 1.165) is 17.7 Å². The minimum atomic E-state index is -0.0160. The van der Waals surface area contributed by atoms with Crippen molar-refractivity contribution in [2.75, 3.05) is 5.75 Å². The number of thioether (sulfide) groups is 2. The Morgan fingerprint density at radius 3 is 2.23 bits per heavy atom. The number of hydrogen-bond donors (Lipinski definition) is 0. The van der Waals surface area contributed by atoms with Crippen molar-refractivity contribution in [1.29, 1.82) is 0 Å². The summed E-state index contributed by atoms with van der Waals surface area (Å²) < 4.78 is 0. The van der Waals surface area contributed by atoms with Gasteiger partial charge in [0.25, 0.3) is 0 Å². The SMILES string of the molecule is CC1CC(C)SC(C(=O)c2ccc(C(=O)C(C)C)cc2)CS1. The van der Waals surface area contributed by atoms with Gasteiger partial charge < -0.3 is 0 Å². The molecule has 0 amide bonds. The van der Waals surface area contributed by atoms with Gasteiger partial charge in [0.05, 0.1) is 5.25 Å². The lowest BCUT2D eigenvalue weighted by Gasteiger charge is -2.15. The Bertz CT molecular complexity index is 537. The first-order valence-corrected chi connectivity index (χ1v) is 9.83. The molecule has 0 spiro atoms. The summed E-state index contributed by atoms with van der Waals surface area (Å²) in [4.78, 5) is 24.7. The smallest absolute Gasteiger partial charge is 0.176 e. The normalized spacial score (nSPS) is 25.8. The third-order valence-corrected chi connectivity index (χ3v) is 6.73. The minimum Gasteiger partial charge on any atom is -0.294 e. The Hall–Kier alpha value is -0.740. The fourth-order valence-electron chi connectivity index (χ4n) is 2.62. The maximum absolute atomic E-state index is 12.7. The monoisotopic (exact) mass is 336 g/mol. The van der Waals surface area contributed by atoms with Crippen LogP contribution in [0.5, 0.6) is 0 Å². The van der Waals surface area contributed by atoms with Crippen LogP contribution in [0.25, 0.3) is 0 Å². The summed E-state index contributed by atoms with van der Waals surface area (Å²) in [6.45, 7) is 8.23. The fraction of sp³-hybridized carbons (Fsp3) is 0.556. The van der Waals surface area contributed by atoms with Crippen molar-refractivity contribution in [2.45, 2.75) is 49.9 Å². The molecule has 1 saturated heterocycles. The van der Waals surface area contributed by atoms with Crippen LogP contribution in [-0.2, 0) is 0 Å². The molecule has 3 atom stereocenters. The van der Waals surface area contributed by atoms with Crippen LogP contribution in [0.2, 0.25) is 0 Å². The lowest BCUT2D eigenvalue weighted by molar-refractivity contribution is 0.0937. The van der Waals surface area contributed by atoms with E-state index in [0.29, 0.717) is 16.1 Å². The van der Waals surface area contributed by atoms with Crippen LogP contribution in [0, 0.1) is 5.92 Å². The highest BCUT2D eigenvalue weighted by Crippen LogP contribution is 2.34. The van der Waals surface area contributed by atoms with E-state index in [1.165, 1.54) is 0 Å². The van der Waals surface area contributed by atoms with Gasteiger partial charge in [-0.3, -0.25) is 9.59 Å². The predicted octanol–water partition coefficient (Wildman–Crippen LogP) is 4.72. The summed E-state index contributed by atoms with van der Waals surface area (Å²) in [6, 6.07) is 7.19. The fourth-order valence-corrected chi connectivity index (χ4v) is 5.59. The van der Waals surface area contributed by atoms with Crippen LogP contribution in [0.4, 0.5) is 0 Å². The van der Waals surface area contributed by atoms with Gasteiger partial charge in [-0.1, -0.05) is 52.0 Å². The van der Waals surface area contributed by atoms with Crippen LogP contribution in [-0.4, -0.2) is 33.1 Å². The molecule has 4 heteroatoms. The number of benzene rings is 1. The number of carbonyl (C=O) groups is 2. The minimum absolute atomic E-state index is 0.0160. The molecular weight excluding hydrogens is 312 g/mol. The predicted molar refractivity (Wildman–Crippen MR) is 97.3 cm³/mol. The van der Waals surface area contributed by atoms with Crippen molar-refractivity contribution in [3.8, 4) is 0 Å². The van der Waals surface area contributed by atoms with Crippen LogP contribution in [0.15, 0.2) is 24.3 Å². The van der Waals surface area contributed by atoms with Gasteiger partial charge in [-0.05, 0) is 6.42 Å². The lowest BCUT2D eigenvalue weighted by atomic mass is 9.99. The maximum Gasteiger partial charge on any atom is 0.176 e. The third-order valence-electron chi connectivity index (χ3n) is 3.86. The van der Waals surface area contributed by atoms with Crippen LogP contribution >= 0.6 is 23.5 Å². The molecule has 1 heterocycles. The molecule has 0 aromatic heterocycles. The highest BCUT2D eigenvalue weighted by molar-refractivity contribution is 8.05. The quantitative estimate of drug-likeness (QED) is 0.745. The number of Topliss-reactive ketones (excluding diaryl/α,β-unsaturated/α-hetero) is 2. The van der Waals surface area contributed by atoms with Crippen molar-refractivity contribution >= 4 is 35.1 Å². The second-order valence-electron chi connectivity index (χ2n) is 6.28. The van der Waals surface area contributed by atoms with Crippen LogP contribution < -0.4 is 0 Å². The van der Waals surface area contributed by atoms with Crippen molar-refractivity contribution in [3.63, 3.8) is 0 Å². The van der Waals surface area contributed by atoms with Crippen molar-refractivity contribution in [3.05, 3.63) is 35.4 Å². The van der Waals surface area contributed by atoms with Gasteiger partial charge >= 0.3 is 0 Å². The maximum atomic E-state index is 12.7. The standard InChI is InChI=1S/C18H24O2S2/c1-11(2)17(19)14-5-7-15(8-6-14)18(20)16-10-21-12(3)9-13(4)22-16/h5-8,11-13,16H,9-10H2,1-4H3. The molecule has 0 bridgehead atoms. The number of carbonyl (C=O) groups excluding carboxylic acids is 2. The first-order chi connectivity index (χ1) is 10.4. The highest BCUT2D eigenvalue weighted by atomic mass is 32.2. The van der Waals surface area contributed by atoms with Gasteiger partial charge in [0, 0.05) is 33.3 Å². The van der Waals surface area contributed by atoms with Crippen molar-refractivity contribution in [2.24, 2.45) is 5.92 Å². The molecule has 1 aliphatic rings. The molecule has 0 saturated carbocycles. The van der Waals surface area contributed by atoms with Gasteiger partial charge in [-0.2, -0.15) is 11.8 Å². The second kappa shape index (κ2) is 7.69. The highest BCUT2D eigenvalue weighted by Gasteiger charge is 2.28. The molecule has 1 fully saturated rings. The Labute approximate surface area is 141 Å². The molecule has 2 nitrogen and oxygen atoms in total. The molecule has 120 valence electrons. The van der Waals surface area contributed by atoms with Crippen molar-refractivity contribution in [1.82, 2.24) is 0 Å². The molecular formula is C18H24O2S2. The Balaban J connectivity index is 2.10. The zero-order valence-corrected chi connectivity index (χ0v) is 15.3. The summed E-state index contributed by atoms with van der Waals surface area (Å²) in [5.41, 5.74) is 1.41. The Morgan fingerprint density at radius 2 is 1.64 bits per heavy atom. The molecule has 1 aromatic carbocycles. The summed E-state index contributed by atoms with van der Waals surface area (Å²) in [6.07, 6.45) is 1.15. The molecule has 0 radical (unpaired) electrons. The average Bonchev–Trinajstić information content (AvgIpc) is 2.66. The van der Waals surface area contributed by atoms with E-state index >= 15 is 0 Å². The van der Waals surface area contributed by atoms with E-state index in [1.54, 1.807) is 23.9 Å². The van der Waals surface area contributed by atoms with E-state index in [4.69, 9.17) is 0 Å². The first-order valence-electron chi connectivity index (χ1n) is 7.84. The average molecular weight is 337 g/mol. The zero-order chi connectivity index (χ0) is 16.3. The molecule has 1 aliphatic heterocycles. The van der Waals surface area contributed by atoms with Gasteiger partial charge in [-0.15, -0.1) is 11.8 Å². The third kappa shape index (κ3) is 4.39. The van der Waals surface area contributed by atoms with E-state index in [2.05, 4.69) is 13.8 Å². The van der Waals surface area contributed by atoms with Crippen LogP contribution in [0.3, 0.4) is 0 Å². The van der Waals surface area contributed by atoms with Gasteiger partial charge in [0.2, 0.25) is 0 Å². The topological polar surface area (TPSA) is 34.1 Å². The molecule has 0 aliphatic carbocycles. The summed E-state index contributed by atoms with van der Waals surface area (Å²) >= 11 is 3.68. The summed E-state index contributed by atoms with van der Waals surface area (Å²) in [5.74, 6) is 1.18. The largest absolute Gasteiger partial charge is 0.294 e. The molecule has 0 N–H and O–H groups in total. The zero-order valence-electron chi connectivity index (χ0n) is 13.7. The van der Waals surface area contributed by atoms with Gasteiger partial charge in [0.15, 0.2) is 11.6 Å². The Morgan fingerprint density at radius 1 is 1.05 bits per heavy atom. The van der Waals surface area contributed by atoms with E-state index in [9.17, 15) is 9.59 Å². The lowest BCUT2D eigenvalue weighted by Crippen LogP contribution is -2.21. The molecule has 1 aromatic rings. The van der Waals surface area contributed by atoms with E-state index < -0.39 is 0 Å². The number of ketones is 2. The summed E-state index contributed by atoms with van der Waals surface area (Å²) in [7, 11) is 0. The summed E-state index contributed by atoms with van der Waals surface area (Å²) in [5, 5.41) is 1.16. The Kier molecular flexibility index (Phi) is 6.16. The van der Waals surface area contributed by atoms with E-state index in [1.807, 2.05) is 37.7 Å².